The van der Waals surface area contributed by atoms with Gasteiger partial charge in [-0.1, -0.05) is 60.6 Å². The Kier molecular flexibility index (Phi) is 11.9. The Morgan fingerprint density at radius 1 is 0.808 bits per heavy atom. The SMILES string of the molecule is C=C(C)[C@@H]1CC[C@]2(CC(=O)N(CCOC)CCOC)CC[C@]3(C)[C@H](CC[C@@H]4[C@@]5(C)CC[C@H](OC(=O)CC(C)(C)CC(=O)O)C(C)(C)[C@@H]5CC[C@]43C)[C@@H]12. The van der Waals surface area contributed by atoms with E-state index in [1.54, 1.807) is 14.2 Å². The first kappa shape index (κ1) is 41.2. The zero-order chi connectivity index (χ0) is 38.5. The van der Waals surface area contributed by atoms with Crippen molar-refractivity contribution in [1.29, 1.82) is 0 Å². The maximum atomic E-state index is 14.2. The number of rotatable bonds is 14. The van der Waals surface area contributed by atoms with E-state index in [2.05, 4.69) is 48.1 Å². The molecular formula is C44H73NO7. The Hall–Kier alpha value is -1.93. The van der Waals surface area contributed by atoms with E-state index in [1.165, 1.54) is 31.3 Å². The van der Waals surface area contributed by atoms with Gasteiger partial charge in [0.25, 0.3) is 0 Å². The van der Waals surface area contributed by atoms with Crippen molar-refractivity contribution < 1.29 is 33.7 Å². The number of nitrogens with zero attached hydrogens (tertiary/aromatic N) is 1. The lowest BCUT2D eigenvalue weighted by Crippen LogP contribution is -2.67. The molecule has 0 aromatic rings. The summed E-state index contributed by atoms with van der Waals surface area (Å²) in [5, 5.41) is 9.35. The summed E-state index contributed by atoms with van der Waals surface area (Å²) in [7, 11) is 3.40. The molecule has 0 heterocycles. The third-order valence-electron chi connectivity index (χ3n) is 16.7. The number of hydrogen-bond acceptors (Lipinski definition) is 6. The molecule has 0 aromatic carbocycles. The van der Waals surface area contributed by atoms with E-state index >= 15 is 0 Å². The fourth-order valence-corrected chi connectivity index (χ4v) is 14.0. The number of carboxylic acids is 1. The fraction of sp³-hybridized carbons (Fsp3) is 0.886. The average Bonchev–Trinajstić information content (AvgIpc) is 3.41. The lowest BCUT2D eigenvalue weighted by molar-refractivity contribution is -0.250. The summed E-state index contributed by atoms with van der Waals surface area (Å²) in [6.07, 6.45) is 11.7. The van der Waals surface area contributed by atoms with Gasteiger partial charge in [0.1, 0.15) is 6.10 Å². The third-order valence-corrected chi connectivity index (χ3v) is 16.7. The predicted molar refractivity (Wildman–Crippen MR) is 204 cm³/mol. The minimum absolute atomic E-state index is 0.0104. The number of esters is 1. The molecule has 5 fully saturated rings. The predicted octanol–water partition coefficient (Wildman–Crippen LogP) is 8.96. The van der Waals surface area contributed by atoms with Crippen molar-refractivity contribution in [3.63, 3.8) is 0 Å². The molecule has 0 bridgehead atoms. The third kappa shape index (κ3) is 7.15. The first-order chi connectivity index (χ1) is 24.2. The molecule has 5 rings (SSSR count). The minimum Gasteiger partial charge on any atom is -0.481 e. The van der Waals surface area contributed by atoms with Crippen LogP contribution in [0.2, 0.25) is 0 Å². The summed E-state index contributed by atoms with van der Waals surface area (Å²) < 4.78 is 17.1. The van der Waals surface area contributed by atoms with Crippen molar-refractivity contribution >= 4 is 17.8 Å². The molecule has 52 heavy (non-hydrogen) atoms. The fourth-order valence-electron chi connectivity index (χ4n) is 14.0. The van der Waals surface area contributed by atoms with Crippen LogP contribution in [0.5, 0.6) is 0 Å². The molecule has 8 heteroatoms. The first-order valence-corrected chi connectivity index (χ1v) is 20.5. The summed E-state index contributed by atoms with van der Waals surface area (Å²) in [6, 6.07) is 0. The number of carboxylic acid groups (broad SMARTS) is 1. The second-order valence-electron chi connectivity index (χ2n) is 20.3. The van der Waals surface area contributed by atoms with Gasteiger partial charge < -0.3 is 24.2 Å². The second-order valence-corrected chi connectivity index (χ2v) is 20.3. The molecule has 0 aliphatic heterocycles. The monoisotopic (exact) mass is 728 g/mol. The summed E-state index contributed by atoms with van der Waals surface area (Å²) in [5.74, 6) is 1.62. The van der Waals surface area contributed by atoms with Gasteiger partial charge in [-0.2, -0.15) is 0 Å². The van der Waals surface area contributed by atoms with Crippen LogP contribution < -0.4 is 0 Å². The zero-order valence-corrected chi connectivity index (χ0v) is 34.5. The number of aliphatic carboxylic acids is 1. The van der Waals surface area contributed by atoms with Crippen LogP contribution in [-0.4, -0.2) is 74.5 Å². The largest absolute Gasteiger partial charge is 0.481 e. The van der Waals surface area contributed by atoms with E-state index in [1.807, 2.05) is 18.7 Å². The maximum absolute atomic E-state index is 14.2. The lowest BCUT2D eigenvalue weighted by Gasteiger charge is -2.73. The average molecular weight is 728 g/mol. The molecule has 0 saturated heterocycles. The Balaban J connectivity index is 1.39. The van der Waals surface area contributed by atoms with E-state index in [4.69, 9.17) is 14.2 Å². The van der Waals surface area contributed by atoms with E-state index in [0.717, 1.165) is 38.5 Å². The van der Waals surface area contributed by atoms with Gasteiger partial charge >= 0.3 is 11.9 Å². The van der Waals surface area contributed by atoms with Crippen LogP contribution in [-0.2, 0) is 28.6 Å². The summed E-state index contributed by atoms with van der Waals surface area (Å²) >= 11 is 0. The highest BCUT2D eigenvalue weighted by Crippen LogP contribution is 2.78. The van der Waals surface area contributed by atoms with E-state index in [0.29, 0.717) is 62.3 Å². The highest BCUT2D eigenvalue weighted by Gasteiger charge is 2.71. The Labute approximate surface area is 315 Å². The Morgan fingerprint density at radius 3 is 2.06 bits per heavy atom. The van der Waals surface area contributed by atoms with Gasteiger partial charge in [0.2, 0.25) is 5.91 Å². The molecule has 5 aliphatic rings. The van der Waals surface area contributed by atoms with E-state index in [-0.39, 0.29) is 57.9 Å². The van der Waals surface area contributed by atoms with Crippen LogP contribution in [0.3, 0.4) is 0 Å². The van der Waals surface area contributed by atoms with Crippen LogP contribution >= 0.6 is 0 Å². The summed E-state index contributed by atoms with van der Waals surface area (Å²) in [4.78, 5) is 40.8. The summed E-state index contributed by atoms with van der Waals surface area (Å²) in [6.45, 7) is 25.3. The van der Waals surface area contributed by atoms with Gasteiger partial charge in [0.05, 0.1) is 26.1 Å². The molecule has 1 N–H and O–H groups in total. The van der Waals surface area contributed by atoms with Crippen molar-refractivity contribution in [2.24, 2.45) is 62.1 Å². The van der Waals surface area contributed by atoms with Crippen LogP contribution in [0.4, 0.5) is 0 Å². The second kappa shape index (κ2) is 15.0. The van der Waals surface area contributed by atoms with Crippen molar-refractivity contribution in [1.82, 2.24) is 4.90 Å². The van der Waals surface area contributed by atoms with Gasteiger partial charge in [0.15, 0.2) is 0 Å². The van der Waals surface area contributed by atoms with Crippen LogP contribution in [0, 0.1) is 62.1 Å². The number of ether oxygens (including phenoxy) is 3. The first-order valence-electron chi connectivity index (χ1n) is 20.5. The normalized spacial score (nSPS) is 39.3. The molecular weight excluding hydrogens is 654 g/mol. The molecule has 5 saturated carbocycles. The zero-order valence-electron chi connectivity index (χ0n) is 34.5. The molecule has 8 nitrogen and oxygen atoms in total. The van der Waals surface area contributed by atoms with Gasteiger partial charge in [0, 0.05) is 39.1 Å². The standard InChI is InChI=1S/C44H73NO7/c1-29(2)30-14-19-44(26-35(46)45(22-24-50-10)23-25-51-11)21-20-42(8)31(38(30)44)12-13-33-41(7)17-16-34(40(5,6)32(41)15-18-43(33,42)9)52-37(49)28-39(3,4)27-36(47)48/h30-34,38H,1,12-28H2,2-11H3,(H,47,48)/t30-,31+,32-,33+,34-,38+,41-,42+,43+,44+/m0/s1. The molecule has 0 radical (unpaired) electrons. The van der Waals surface area contributed by atoms with Crippen molar-refractivity contribution in [2.45, 2.75) is 145 Å². The molecule has 0 spiro atoms. The topological polar surface area (TPSA) is 102 Å². The van der Waals surface area contributed by atoms with Gasteiger partial charge in [-0.15, -0.1) is 0 Å². The van der Waals surface area contributed by atoms with Gasteiger partial charge in [-0.05, 0) is 128 Å². The highest BCUT2D eigenvalue weighted by molar-refractivity contribution is 5.77. The van der Waals surface area contributed by atoms with Gasteiger partial charge in [-0.3, -0.25) is 14.4 Å². The molecule has 296 valence electrons. The van der Waals surface area contributed by atoms with Crippen LogP contribution in [0.25, 0.3) is 0 Å². The Bertz CT molecular complexity index is 1350. The van der Waals surface area contributed by atoms with E-state index < -0.39 is 11.4 Å². The molecule has 0 unspecified atom stereocenters. The smallest absolute Gasteiger partial charge is 0.306 e. The minimum atomic E-state index is -0.886. The number of carbonyl (C=O) groups is 3. The van der Waals surface area contributed by atoms with Crippen molar-refractivity contribution in [3.05, 3.63) is 12.2 Å². The number of hydrogen-bond donors (Lipinski definition) is 1. The molecule has 10 atom stereocenters. The number of amides is 1. The number of methoxy groups -OCH3 is 2. The lowest BCUT2D eigenvalue weighted by atomic mass is 9.32. The Morgan fingerprint density at radius 2 is 1.46 bits per heavy atom. The molecule has 5 aliphatic carbocycles. The molecule has 1 amide bonds. The van der Waals surface area contributed by atoms with Crippen LogP contribution in [0.15, 0.2) is 12.2 Å². The molecule has 0 aromatic heterocycles. The van der Waals surface area contributed by atoms with Crippen molar-refractivity contribution in [3.8, 4) is 0 Å². The quantitative estimate of drug-likeness (QED) is 0.141. The van der Waals surface area contributed by atoms with Crippen LogP contribution in [0.1, 0.15) is 139 Å². The number of fused-ring (bicyclic) bond motifs is 7. The number of allylic oxidation sites excluding steroid dienone is 1. The summed E-state index contributed by atoms with van der Waals surface area (Å²) in [5.41, 5.74) is 0.996. The van der Waals surface area contributed by atoms with E-state index in [9.17, 15) is 19.5 Å². The maximum Gasteiger partial charge on any atom is 0.306 e. The number of carbonyl (C=O) groups excluding carboxylic acids is 2. The van der Waals surface area contributed by atoms with Crippen molar-refractivity contribution in [2.75, 3.05) is 40.5 Å². The highest BCUT2D eigenvalue weighted by atomic mass is 16.5. The van der Waals surface area contributed by atoms with Gasteiger partial charge in [-0.25, -0.2) is 0 Å².